The first kappa shape index (κ1) is 15.8. The molecule has 1 aromatic carbocycles. The van der Waals surface area contributed by atoms with E-state index in [4.69, 9.17) is 4.74 Å². The number of nitrogens with one attached hydrogen (secondary N) is 2. The standard InChI is InChI=1S/C16H20N4O2/c1-16(2,3)22-15(21)20-13-6-4-12(5-7-13)18-10-14-8-9-17-11-19-14/h4-9,11,18H,10H2,1-3H3,(H,20,21). The highest BCUT2D eigenvalue weighted by atomic mass is 16.6. The zero-order valence-electron chi connectivity index (χ0n) is 13.0. The number of carbonyl (C=O) groups excluding carboxylic acids is 1. The monoisotopic (exact) mass is 300 g/mol. The van der Waals surface area contributed by atoms with E-state index < -0.39 is 11.7 Å². The van der Waals surface area contributed by atoms with Gasteiger partial charge in [-0.1, -0.05) is 0 Å². The predicted molar refractivity (Wildman–Crippen MR) is 85.7 cm³/mol. The minimum Gasteiger partial charge on any atom is -0.444 e. The van der Waals surface area contributed by atoms with Crippen LogP contribution in [-0.4, -0.2) is 21.7 Å². The molecular weight excluding hydrogens is 280 g/mol. The van der Waals surface area contributed by atoms with E-state index in [-0.39, 0.29) is 0 Å². The summed E-state index contributed by atoms with van der Waals surface area (Å²) in [6.07, 6.45) is 2.76. The van der Waals surface area contributed by atoms with E-state index in [1.54, 1.807) is 6.20 Å². The third-order valence-corrected chi connectivity index (χ3v) is 2.65. The van der Waals surface area contributed by atoms with Crippen LogP contribution >= 0.6 is 0 Å². The summed E-state index contributed by atoms with van der Waals surface area (Å²) in [6.45, 7) is 6.09. The summed E-state index contributed by atoms with van der Waals surface area (Å²) in [5.41, 5.74) is 2.02. The van der Waals surface area contributed by atoms with Gasteiger partial charge >= 0.3 is 6.09 Å². The van der Waals surface area contributed by atoms with Crippen molar-refractivity contribution in [2.24, 2.45) is 0 Å². The Morgan fingerprint density at radius 3 is 2.41 bits per heavy atom. The average Bonchev–Trinajstić information content (AvgIpc) is 2.45. The molecule has 1 aromatic heterocycles. The van der Waals surface area contributed by atoms with Gasteiger partial charge in [0.1, 0.15) is 11.9 Å². The summed E-state index contributed by atoms with van der Waals surface area (Å²) in [4.78, 5) is 19.7. The van der Waals surface area contributed by atoms with Gasteiger partial charge in [0.25, 0.3) is 0 Å². The molecule has 1 heterocycles. The normalized spacial score (nSPS) is 10.9. The van der Waals surface area contributed by atoms with E-state index in [1.807, 2.05) is 51.1 Å². The summed E-state index contributed by atoms with van der Waals surface area (Å²) in [7, 11) is 0. The van der Waals surface area contributed by atoms with E-state index >= 15 is 0 Å². The van der Waals surface area contributed by atoms with E-state index in [2.05, 4.69) is 20.6 Å². The van der Waals surface area contributed by atoms with Crippen LogP contribution in [0, 0.1) is 0 Å². The third kappa shape index (κ3) is 5.40. The molecule has 0 atom stereocenters. The Morgan fingerprint density at radius 2 is 1.82 bits per heavy atom. The number of ether oxygens (including phenoxy) is 1. The van der Waals surface area contributed by atoms with Crippen LogP contribution in [0.1, 0.15) is 26.5 Å². The maximum atomic E-state index is 11.7. The number of benzene rings is 1. The maximum absolute atomic E-state index is 11.7. The first-order valence-electron chi connectivity index (χ1n) is 7.01. The Balaban J connectivity index is 1.86. The third-order valence-electron chi connectivity index (χ3n) is 2.65. The lowest BCUT2D eigenvalue weighted by Gasteiger charge is -2.19. The van der Waals surface area contributed by atoms with Crippen LogP contribution in [0.5, 0.6) is 0 Å². The van der Waals surface area contributed by atoms with Crippen molar-refractivity contribution in [3.63, 3.8) is 0 Å². The number of anilines is 2. The molecule has 6 nitrogen and oxygen atoms in total. The zero-order valence-corrected chi connectivity index (χ0v) is 13.0. The van der Waals surface area contributed by atoms with Crippen molar-refractivity contribution < 1.29 is 9.53 Å². The van der Waals surface area contributed by atoms with E-state index in [0.717, 1.165) is 11.4 Å². The van der Waals surface area contributed by atoms with Crippen LogP contribution in [-0.2, 0) is 11.3 Å². The molecule has 0 saturated carbocycles. The first-order valence-corrected chi connectivity index (χ1v) is 7.01. The zero-order chi connectivity index (χ0) is 16.0. The fraction of sp³-hybridized carbons (Fsp3) is 0.312. The lowest BCUT2D eigenvalue weighted by Crippen LogP contribution is -2.27. The van der Waals surface area contributed by atoms with Gasteiger partial charge in [0.2, 0.25) is 0 Å². The van der Waals surface area contributed by atoms with Gasteiger partial charge in [-0.25, -0.2) is 14.8 Å². The van der Waals surface area contributed by atoms with Crippen LogP contribution in [0.3, 0.4) is 0 Å². The van der Waals surface area contributed by atoms with Gasteiger partial charge in [-0.05, 0) is 51.1 Å². The van der Waals surface area contributed by atoms with Gasteiger partial charge in [0, 0.05) is 17.6 Å². The molecule has 0 radical (unpaired) electrons. The van der Waals surface area contributed by atoms with Crippen LogP contribution in [0.2, 0.25) is 0 Å². The van der Waals surface area contributed by atoms with Crippen LogP contribution in [0.15, 0.2) is 42.9 Å². The Morgan fingerprint density at radius 1 is 1.14 bits per heavy atom. The van der Waals surface area contributed by atoms with Crippen LogP contribution < -0.4 is 10.6 Å². The largest absolute Gasteiger partial charge is 0.444 e. The molecule has 0 fully saturated rings. The van der Waals surface area contributed by atoms with Crippen molar-refractivity contribution in [3.05, 3.63) is 48.5 Å². The highest BCUT2D eigenvalue weighted by molar-refractivity contribution is 5.85. The number of rotatable bonds is 4. The van der Waals surface area contributed by atoms with Crippen molar-refractivity contribution in [2.45, 2.75) is 32.9 Å². The molecule has 0 aliphatic carbocycles. The Labute approximate surface area is 129 Å². The molecule has 2 N–H and O–H groups in total. The van der Waals surface area contributed by atoms with Crippen LogP contribution in [0.4, 0.5) is 16.2 Å². The minimum atomic E-state index is -0.511. The predicted octanol–water partition coefficient (Wildman–Crippen LogP) is 3.44. The second-order valence-corrected chi connectivity index (χ2v) is 5.76. The summed E-state index contributed by atoms with van der Waals surface area (Å²) in [5.74, 6) is 0. The molecule has 0 spiro atoms. The van der Waals surface area contributed by atoms with Gasteiger partial charge in [-0.2, -0.15) is 0 Å². The average molecular weight is 300 g/mol. The van der Waals surface area contributed by atoms with E-state index in [0.29, 0.717) is 12.2 Å². The fourth-order valence-electron chi connectivity index (χ4n) is 1.71. The molecule has 116 valence electrons. The van der Waals surface area contributed by atoms with Gasteiger partial charge in [0.15, 0.2) is 0 Å². The first-order chi connectivity index (χ1) is 10.4. The topological polar surface area (TPSA) is 76.1 Å². The molecule has 0 saturated heterocycles. The van der Waals surface area contributed by atoms with Crippen molar-refractivity contribution in [1.29, 1.82) is 0 Å². The molecule has 2 rings (SSSR count). The minimum absolute atomic E-state index is 0.464. The Hall–Kier alpha value is -2.63. The molecule has 1 amide bonds. The molecule has 22 heavy (non-hydrogen) atoms. The highest BCUT2D eigenvalue weighted by Gasteiger charge is 2.15. The Bertz CT molecular complexity index is 606. The quantitative estimate of drug-likeness (QED) is 0.904. The number of aromatic nitrogens is 2. The lowest BCUT2D eigenvalue weighted by molar-refractivity contribution is 0.0636. The van der Waals surface area contributed by atoms with Crippen molar-refractivity contribution in [1.82, 2.24) is 9.97 Å². The fourth-order valence-corrected chi connectivity index (χ4v) is 1.71. The molecule has 0 aliphatic rings. The van der Waals surface area contributed by atoms with Crippen molar-refractivity contribution in [3.8, 4) is 0 Å². The van der Waals surface area contributed by atoms with Gasteiger partial charge in [-0.15, -0.1) is 0 Å². The second kappa shape index (κ2) is 6.89. The Kier molecular flexibility index (Phi) is 4.93. The van der Waals surface area contributed by atoms with Crippen LogP contribution in [0.25, 0.3) is 0 Å². The summed E-state index contributed by atoms with van der Waals surface area (Å²) >= 11 is 0. The number of nitrogens with zero attached hydrogens (tertiary/aromatic N) is 2. The molecule has 0 bridgehead atoms. The molecule has 0 unspecified atom stereocenters. The summed E-state index contributed by atoms with van der Waals surface area (Å²) in [5, 5.41) is 5.94. The van der Waals surface area contributed by atoms with E-state index in [9.17, 15) is 4.79 Å². The summed E-state index contributed by atoms with van der Waals surface area (Å²) < 4.78 is 5.20. The number of carbonyl (C=O) groups is 1. The maximum Gasteiger partial charge on any atom is 0.412 e. The number of hydrogen-bond acceptors (Lipinski definition) is 5. The van der Waals surface area contributed by atoms with Gasteiger partial charge in [0.05, 0.1) is 12.2 Å². The summed E-state index contributed by atoms with van der Waals surface area (Å²) in [6, 6.07) is 9.24. The van der Waals surface area contributed by atoms with Gasteiger partial charge < -0.3 is 10.1 Å². The SMILES string of the molecule is CC(C)(C)OC(=O)Nc1ccc(NCc2ccncn2)cc1. The smallest absolute Gasteiger partial charge is 0.412 e. The van der Waals surface area contributed by atoms with Gasteiger partial charge in [-0.3, -0.25) is 5.32 Å². The number of hydrogen-bond donors (Lipinski definition) is 2. The van der Waals surface area contributed by atoms with E-state index in [1.165, 1.54) is 6.33 Å². The van der Waals surface area contributed by atoms with Crippen molar-refractivity contribution in [2.75, 3.05) is 10.6 Å². The second-order valence-electron chi connectivity index (χ2n) is 5.76. The molecule has 2 aromatic rings. The highest BCUT2D eigenvalue weighted by Crippen LogP contribution is 2.15. The number of amides is 1. The molecule has 0 aliphatic heterocycles. The lowest BCUT2D eigenvalue weighted by atomic mass is 10.2. The van der Waals surface area contributed by atoms with Crippen molar-refractivity contribution >= 4 is 17.5 Å². The molecule has 6 heteroatoms. The molecular formula is C16H20N4O2.